The predicted molar refractivity (Wildman–Crippen MR) is 60.7 cm³/mol. The standard InChI is InChI=1S/2C4H9.C3H4F3.Ga/c2*1-3-4-2;1-2-3(4,5)6;/h2*3H,4H2,1-2H3;1-2H2;. The normalized spacial score (nSPS) is 16.2. The minimum absolute atomic E-state index is 0.473. The van der Waals surface area contributed by atoms with Gasteiger partial charge in [-0.1, -0.05) is 0 Å². The maximum atomic E-state index is 12.2. The first kappa shape index (κ1) is 15.4. The molecule has 0 aromatic carbocycles. The first-order valence-corrected chi connectivity index (χ1v) is 10.4. The molecule has 2 atom stereocenters. The molecule has 0 aliphatic carbocycles. The molecule has 0 aliphatic heterocycles. The Morgan fingerprint density at radius 2 is 1.40 bits per heavy atom. The Hall–Kier alpha value is 0.426. The second-order valence-electron chi connectivity index (χ2n) is 4.59. The third-order valence-corrected chi connectivity index (χ3v) is 13.6. The summed E-state index contributed by atoms with van der Waals surface area (Å²) in [5.74, 6) is 0. The molecule has 0 N–H and O–H groups in total. The number of hydrogen-bond donors (Lipinski definition) is 0. The van der Waals surface area contributed by atoms with Crippen LogP contribution >= 0.6 is 0 Å². The zero-order chi connectivity index (χ0) is 12.1. The van der Waals surface area contributed by atoms with E-state index in [4.69, 9.17) is 0 Å². The van der Waals surface area contributed by atoms with Gasteiger partial charge in [-0.3, -0.25) is 0 Å². The van der Waals surface area contributed by atoms with Gasteiger partial charge in [-0.05, 0) is 0 Å². The predicted octanol–water partition coefficient (Wildman–Crippen LogP) is 5.03. The molecular weight excluding hydrogens is 259 g/mol. The van der Waals surface area contributed by atoms with Crippen LogP contribution in [0.15, 0.2) is 0 Å². The topological polar surface area (TPSA) is 0 Å². The minimum atomic E-state index is -3.95. The molecule has 0 fully saturated rings. The zero-order valence-electron chi connectivity index (χ0n) is 10.2. The molecule has 0 amide bonds. The van der Waals surface area contributed by atoms with Gasteiger partial charge in [0.15, 0.2) is 0 Å². The van der Waals surface area contributed by atoms with E-state index in [-0.39, 0.29) is 0 Å². The fourth-order valence-electron chi connectivity index (χ4n) is 2.07. The third kappa shape index (κ3) is 6.56. The zero-order valence-corrected chi connectivity index (χ0v) is 12.6. The summed E-state index contributed by atoms with van der Waals surface area (Å²) < 4.78 is 37.7. The molecule has 4 heteroatoms. The average molecular weight is 281 g/mol. The monoisotopic (exact) mass is 280 g/mol. The second kappa shape index (κ2) is 6.89. The van der Waals surface area contributed by atoms with Crippen molar-refractivity contribution in [2.75, 3.05) is 0 Å². The quantitative estimate of drug-likeness (QED) is 0.599. The Balaban J connectivity index is 4.25. The van der Waals surface area contributed by atoms with E-state index in [1.807, 2.05) is 0 Å². The Morgan fingerprint density at radius 3 is 1.67 bits per heavy atom. The van der Waals surface area contributed by atoms with Crippen LogP contribution in [0.4, 0.5) is 13.2 Å². The summed E-state index contributed by atoms with van der Waals surface area (Å²) in [6, 6.07) is 0. The molecule has 90 valence electrons. The Labute approximate surface area is 96.7 Å². The van der Waals surface area contributed by atoms with Gasteiger partial charge in [0.1, 0.15) is 0 Å². The molecule has 2 unspecified atom stereocenters. The van der Waals surface area contributed by atoms with Gasteiger partial charge >= 0.3 is 96.4 Å². The van der Waals surface area contributed by atoms with Crippen molar-refractivity contribution in [3.63, 3.8) is 0 Å². The number of alkyl halides is 3. The van der Waals surface area contributed by atoms with Gasteiger partial charge in [0.2, 0.25) is 0 Å². The summed E-state index contributed by atoms with van der Waals surface area (Å²) >= 11 is -1.75. The van der Waals surface area contributed by atoms with Crippen LogP contribution in [0, 0.1) is 0 Å². The van der Waals surface area contributed by atoms with E-state index in [1.54, 1.807) is 0 Å². The van der Waals surface area contributed by atoms with Crippen LogP contribution in [0.5, 0.6) is 0 Å². The molecule has 0 radical (unpaired) electrons. The van der Waals surface area contributed by atoms with Crippen LogP contribution in [-0.4, -0.2) is 22.4 Å². The molecular formula is C11H22F3Ga. The number of rotatable bonds is 6. The Kier molecular flexibility index (Phi) is 7.09. The van der Waals surface area contributed by atoms with E-state index in [1.165, 1.54) is 0 Å². The SMILES string of the molecule is CC[CH](C)[Ga]([CH2]CC(F)(F)F)[CH](C)CC. The Bertz CT molecular complexity index is 158. The summed E-state index contributed by atoms with van der Waals surface area (Å²) in [4.78, 5) is 0.473. The van der Waals surface area contributed by atoms with Crippen LogP contribution in [0.2, 0.25) is 13.9 Å². The molecule has 0 aliphatic rings. The summed E-state index contributed by atoms with van der Waals surface area (Å²) in [6.45, 7) is 8.48. The summed E-state index contributed by atoms with van der Waals surface area (Å²) in [6.07, 6.45) is -2.41. The van der Waals surface area contributed by atoms with Crippen LogP contribution in [-0.2, 0) is 0 Å². The number of hydrogen-bond acceptors (Lipinski definition) is 0. The molecule has 0 bridgehead atoms. The molecule has 0 saturated heterocycles. The summed E-state index contributed by atoms with van der Waals surface area (Å²) in [5.41, 5.74) is 0. The van der Waals surface area contributed by atoms with Crippen molar-refractivity contribution in [2.24, 2.45) is 0 Å². The maximum absolute atomic E-state index is 12.2. The summed E-state index contributed by atoms with van der Waals surface area (Å²) in [7, 11) is 0. The Morgan fingerprint density at radius 1 is 1.00 bits per heavy atom. The van der Waals surface area contributed by atoms with E-state index >= 15 is 0 Å². The van der Waals surface area contributed by atoms with Crippen LogP contribution in [0.1, 0.15) is 47.0 Å². The molecule has 0 heterocycles. The molecule has 0 nitrogen and oxygen atoms in total. The van der Waals surface area contributed by atoms with Crippen LogP contribution < -0.4 is 0 Å². The summed E-state index contributed by atoms with van der Waals surface area (Å²) in [5, 5.41) is 0. The van der Waals surface area contributed by atoms with Crippen molar-refractivity contribution in [1.29, 1.82) is 0 Å². The molecule has 15 heavy (non-hydrogen) atoms. The van der Waals surface area contributed by atoms with Gasteiger partial charge in [-0.15, -0.1) is 0 Å². The first-order chi connectivity index (χ1) is 6.81. The van der Waals surface area contributed by atoms with Gasteiger partial charge < -0.3 is 0 Å². The van der Waals surface area contributed by atoms with Gasteiger partial charge in [0.05, 0.1) is 0 Å². The fourth-order valence-corrected chi connectivity index (χ4v) is 10.7. The van der Waals surface area contributed by atoms with Gasteiger partial charge in [0, 0.05) is 0 Å². The average Bonchev–Trinajstić information content (AvgIpc) is 2.15. The number of halogens is 3. The van der Waals surface area contributed by atoms with Crippen molar-refractivity contribution < 1.29 is 13.2 Å². The van der Waals surface area contributed by atoms with E-state index in [2.05, 4.69) is 27.7 Å². The fraction of sp³-hybridized carbons (Fsp3) is 1.00. The van der Waals surface area contributed by atoms with Gasteiger partial charge in [-0.25, -0.2) is 0 Å². The van der Waals surface area contributed by atoms with Crippen LogP contribution in [0.3, 0.4) is 0 Å². The molecule has 0 saturated carbocycles. The van der Waals surface area contributed by atoms with E-state index < -0.39 is 28.8 Å². The molecule has 0 aromatic rings. The molecule has 0 spiro atoms. The van der Waals surface area contributed by atoms with Crippen molar-refractivity contribution in [2.45, 2.75) is 67.1 Å². The molecule has 0 aromatic heterocycles. The van der Waals surface area contributed by atoms with Crippen molar-refractivity contribution in [3.8, 4) is 0 Å². The van der Waals surface area contributed by atoms with E-state index in [9.17, 15) is 13.2 Å². The van der Waals surface area contributed by atoms with Crippen molar-refractivity contribution in [1.82, 2.24) is 0 Å². The van der Waals surface area contributed by atoms with E-state index in [0.717, 1.165) is 12.8 Å². The van der Waals surface area contributed by atoms with E-state index in [0.29, 0.717) is 13.9 Å². The van der Waals surface area contributed by atoms with Crippen molar-refractivity contribution in [3.05, 3.63) is 0 Å². The second-order valence-corrected chi connectivity index (χ2v) is 13.4. The van der Waals surface area contributed by atoms with Crippen LogP contribution in [0.25, 0.3) is 0 Å². The first-order valence-electron chi connectivity index (χ1n) is 5.88. The van der Waals surface area contributed by atoms with Gasteiger partial charge in [0.25, 0.3) is 0 Å². The third-order valence-electron chi connectivity index (χ3n) is 3.51. The molecule has 0 rings (SSSR count). The van der Waals surface area contributed by atoms with Gasteiger partial charge in [-0.2, -0.15) is 0 Å². The van der Waals surface area contributed by atoms with Crippen molar-refractivity contribution >= 4 is 16.2 Å².